The number of phenols is 2. The Kier molecular flexibility index (Phi) is 4.85. The number of benzene rings is 2. The first-order valence-corrected chi connectivity index (χ1v) is 4.80. The first kappa shape index (κ1) is 13.9. The molecule has 2 N–H and O–H groups in total. The molecule has 0 aromatic heterocycles. The van der Waals surface area contributed by atoms with Gasteiger partial charge < -0.3 is 10.2 Å². The fourth-order valence-corrected chi connectivity index (χ4v) is 1.46. The first-order chi connectivity index (χ1) is 7.68. The Morgan fingerprint density at radius 1 is 0.941 bits per heavy atom. The van der Waals surface area contributed by atoms with E-state index in [2.05, 4.69) is 0 Å². The summed E-state index contributed by atoms with van der Waals surface area (Å²) in [6, 6.07) is 12.6. The van der Waals surface area contributed by atoms with E-state index in [-0.39, 0.29) is 55.6 Å². The van der Waals surface area contributed by atoms with Crippen molar-refractivity contribution in [2.45, 2.75) is 0 Å². The van der Waals surface area contributed by atoms with Crippen LogP contribution in [0.2, 0.25) is 0 Å². The summed E-state index contributed by atoms with van der Waals surface area (Å²) in [6.45, 7) is 0. The smallest absolute Gasteiger partial charge is 0.196 e. The fraction of sp³-hybridized carbons (Fsp3) is 0. The number of phenolic OH excluding ortho intramolecular Hbond substituents is 2. The van der Waals surface area contributed by atoms with Gasteiger partial charge in [-0.25, -0.2) is 0 Å². The average molecular weight is 303 g/mol. The van der Waals surface area contributed by atoms with E-state index >= 15 is 0 Å². The second kappa shape index (κ2) is 5.94. The molecule has 0 aliphatic rings. The average Bonchev–Trinajstić information content (AvgIpc) is 2.29. The maximum absolute atomic E-state index is 11.9. The van der Waals surface area contributed by atoms with Crippen molar-refractivity contribution < 1.29 is 47.7 Å². The molecule has 3 nitrogen and oxygen atoms in total. The van der Waals surface area contributed by atoms with Gasteiger partial charge in [0.15, 0.2) is 5.78 Å². The molecule has 0 fully saturated rings. The van der Waals surface area contributed by atoms with Crippen LogP contribution >= 0.6 is 0 Å². The molecule has 17 heavy (non-hydrogen) atoms. The Bertz CT molecular complexity index is 523. The van der Waals surface area contributed by atoms with Crippen LogP contribution in [0.25, 0.3) is 0 Å². The van der Waals surface area contributed by atoms with Gasteiger partial charge in [-0.3, -0.25) is 4.79 Å². The number of carbonyl (C=O) groups excluding carboxylic acids is 1. The molecular weight excluding hydrogens is 293 g/mol. The maximum atomic E-state index is 11.9. The second-order valence-corrected chi connectivity index (χ2v) is 3.40. The molecule has 1 radical (unpaired) electrons. The van der Waals surface area contributed by atoms with Crippen LogP contribution in [0.3, 0.4) is 0 Å². The number of hydrogen-bond acceptors (Lipinski definition) is 3. The van der Waals surface area contributed by atoms with Gasteiger partial charge in [0.2, 0.25) is 0 Å². The van der Waals surface area contributed by atoms with Gasteiger partial charge in [-0.1, -0.05) is 30.3 Å². The molecule has 0 heterocycles. The van der Waals surface area contributed by atoms with E-state index in [4.69, 9.17) is 5.11 Å². The number of rotatable bonds is 2. The fourth-order valence-electron chi connectivity index (χ4n) is 1.46. The monoisotopic (exact) mass is 303 g/mol. The molecule has 4 heteroatoms. The number of carbonyl (C=O) groups is 1. The van der Waals surface area contributed by atoms with Crippen LogP contribution < -0.4 is 0 Å². The molecular formula is C13H10O3Y. The molecule has 2 aromatic rings. The van der Waals surface area contributed by atoms with Gasteiger partial charge in [-0.2, -0.15) is 0 Å². The molecule has 0 amide bonds. The van der Waals surface area contributed by atoms with Gasteiger partial charge >= 0.3 is 0 Å². The Balaban J connectivity index is 0.00000144. The van der Waals surface area contributed by atoms with Crippen LogP contribution in [0.1, 0.15) is 15.9 Å². The Morgan fingerprint density at radius 3 is 2.18 bits per heavy atom. The van der Waals surface area contributed by atoms with Crippen molar-refractivity contribution in [2.24, 2.45) is 0 Å². The van der Waals surface area contributed by atoms with Crippen molar-refractivity contribution >= 4 is 5.78 Å². The number of hydrogen-bond donors (Lipinski definition) is 2. The maximum Gasteiger partial charge on any atom is 0.196 e. The van der Waals surface area contributed by atoms with Crippen molar-refractivity contribution in [3.8, 4) is 11.5 Å². The van der Waals surface area contributed by atoms with Crippen LogP contribution in [0.15, 0.2) is 48.5 Å². The summed E-state index contributed by atoms with van der Waals surface area (Å²) in [5, 5.41) is 18.7. The first-order valence-electron chi connectivity index (χ1n) is 4.80. The van der Waals surface area contributed by atoms with Gasteiger partial charge in [0.05, 0.1) is 5.56 Å². The summed E-state index contributed by atoms with van der Waals surface area (Å²) in [5.74, 6) is -0.547. The third-order valence-electron chi connectivity index (χ3n) is 2.26. The summed E-state index contributed by atoms with van der Waals surface area (Å²) in [6.07, 6.45) is 0. The predicted molar refractivity (Wildman–Crippen MR) is 59.6 cm³/mol. The van der Waals surface area contributed by atoms with E-state index < -0.39 is 0 Å². The third kappa shape index (κ3) is 3.14. The van der Waals surface area contributed by atoms with E-state index in [9.17, 15) is 9.90 Å². The van der Waals surface area contributed by atoms with Gasteiger partial charge in [-0.15, -0.1) is 0 Å². The Hall–Kier alpha value is -1.19. The second-order valence-electron chi connectivity index (χ2n) is 3.40. The van der Waals surface area contributed by atoms with Gasteiger partial charge in [0.25, 0.3) is 0 Å². The molecule has 0 spiro atoms. The van der Waals surface area contributed by atoms with Crippen molar-refractivity contribution in [3.05, 3.63) is 59.7 Å². The zero-order chi connectivity index (χ0) is 11.5. The summed E-state index contributed by atoms with van der Waals surface area (Å²) in [4.78, 5) is 11.9. The molecule has 0 saturated heterocycles. The summed E-state index contributed by atoms with van der Waals surface area (Å²) in [5.41, 5.74) is 0.687. The number of aromatic hydroxyl groups is 2. The van der Waals surface area contributed by atoms with E-state index in [0.717, 1.165) is 6.07 Å². The van der Waals surface area contributed by atoms with Crippen LogP contribution in [0.5, 0.6) is 11.5 Å². The quantitative estimate of drug-likeness (QED) is 0.837. The zero-order valence-electron chi connectivity index (χ0n) is 9.00. The largest absolute Gasteiger partial charge is 0.508 e. The number of ketones is 1. The predicted octanol–water partition coefficient (Wildman–Crippen LogP) is 2.33. The van der Waals surface area contributed by atoms with Crippen LogP contribution in [0, 0.1) is 0 Å². The van der Waals surface area contributed by atoms with Crippen molar-refractivity contribution in [1.29, 1.82) is 0 Å². The van der Waals surface area contributed by atoms with Crippen molar-refractivity contribution in [1.82, 2.24) is 0 Å². The Morgan fingerprint density at radius 2 is 1.59 bits per heavy atom. The SMILES string of the molecule is O=C(c1ccccc1)c1ccc(O)cc1O.[Y]. The minimum absolute atomic E-state index is 0. The molecule has 0 aliphatic heterocycles. The van der Waals surface area contributed by atoms with Crippen LogP contribution in [-0.4, -0.2) is 16.0 Å². The van der Waals surface area contributed by atoms with Gasteiger partial charge in [0, 0.05) is 44.3 Å². The third-order valence-corrected chi connectivity index (χ3v) is 2.26. The minimum atomic E-state index is -0.266. The van der Waals surface area contributed by atoms with E-state index in [1.54, 1.807) is 24.3 Å². The summed E-state index contributed by atoms with van der Waals surface area (Å²) in [7, 11) is 0. The van der Waals surface area contributed by atoms with Crippen LogP contribution in [0.4, 0.5) is 0 Å². The van der Waals surface area contributed by atoms with E-state index in [0.29, 0.717) is 5.56 Å². The normalized spacial score (nSPS) is 9.41. The van der Waals surface area contributed by atoms with Crippen molar-refractivity contribution in [2.75, 3.05) is 0 Å². The molecule has 0 atom stereocenters. The van der Waals surface area contributed by atoms with E-state index in [1.165, 1.54) is 12.1 Å². The van der Waals surface area contributed by atoms with Gasteiger partial charge in [-0.05, 0) is 12.1 Å². The molecule has 0 saturated carbocycles. The van der Waals surface area contributed by atoms with Crippen LogP contribution in [-0.2, 0) is 32.7 Å². The molecule has 0 unspecified atom stereocenters. The molecule has 0 aliphatic carbocycles. The zero-order valence-corrected chi connectivity index (χ0v) is 11.8. The Labute approximate surface area is 124 Å². The molecule has 2 aromatic carbocycles. The van der Waals surface area contributed by atoms with Crippen molar-refractivity contribution in [3.63, 3.8) is 0 Å². The summed E-state index contributed by atoms with van der Waals surface area (Å²) >= 11 is 0. The molecule has 83 valence electrons. The van der Waals surface area contributed by atoms with E-state index in [1.807, 2.05) is 6.07 Å². The minimum Gasteiger partial charge on any atom is -0.508 e. The topological polar surface area (TPSA) is 57.5 Å². The standard InChI is InChI=1S/C13H10O3.Y/c14-10-6-7-11(12(15)8-10)13(16)9-4-2-1-3-5-9;/h1-8,14-15H;. The molecule has 0 bridgehead atoms. The molecule has 2 rings (SSSR count). The summed E-state index contributed by atoms with van der Waals surface area (Å²) < 4.78 is 0. The van der Waals surface area contributed by atoms with Gasteiger partial charge in [0.1, 0.15) is 11.5 Å².